The lowest BCUT2D eigenvalue weighted by Crippen LogP contribution is -2.20. The van der Waals surface area contributed by atoms with Gasteiger partial charge in [0, 0.05) is 31.6 Å². The molecule has 0 radical (unpaired) electrons. The third-order valence-corrected chi connectivity index (χ3v) is 5.31. The third kappa shape index (κ3) is 10.7. The van der Waals surface area contributed by atoms with E-state index >= 15 is 0 Å². The highest BCUT2D eigenvalue weighted by atomic mass is 16.5. The predicted molar refractivity (Wildman–Crippen MR) is 108 cm³/mol. The van der Waals surface area contributed by atoms with Gasteiger partial charge in [0.05, 0.1) is 12.2 Å². The lowest BCUT2D eigenvalue weighted by molar-refractivity contribution is -0.131. The van der Waals surface area contributed by atoms with E-state index in [1.807, 2.05) is 6.92 Å². The molecule has 0 amide bonds. The van der Waals surface area contributed by atoms with Gasteiger partial charge in [-0.15, -0.1) is 0 Å². The number of aliphatic hydroxyl groups excluding tert-OH is 2. The van der Waals surface area contributed by atoms with Crippen molar-refractivity contribution in [2.24, 2.45) is 11.8 Å². The molecule has 0 heterocycles. The van der Waals surface area contributed by atoms with Crippen molar-refractivity contribution in [3.63, 3.8) is 0 Å². The SMILES string of the molecule is CCOCCCCCC/C=C/[C@@H]1C(CCCCC=CC(=O)O)[C@@H](O)C[C@H]1O. The van der Waals surface area contributed by atoms with E-state index < -0.39 is 18.2 Å². The maximum Gasteiger partial charge on any atom is 0.327 e. The number of carbonyl (C=O) groups is 1. The van der Waals surface area contributed by atoms with Crippen molar-refractivity contribution >= 4 is 5.97 Å². The summed E-state index contributed by atoms with van der Waals surface area (Å²) in [6, 6.07) is 0. The van der Waals surface area contributed by atoms with Crippen LogP contribution in [0, 0.1) is 11.8 Å². The Hall–Kier alpha value is -1.17. The van der Waals surface area contributed by atoms with Crippen molar-refractivity contribution in [3.05, 3.63) is 24.3 Å². The number of ether oxygens (including phenoxy) is 1. The van der Waals surface area contributed by atoms with Crippen molar-refractivity contribution in [2.45, 2.75) is 83.3 Å². The van der Waals surface area contributed by atoms with E-state index in [-0.39, 0.29) is 11.8 Å². The molecule has 5 heteroatoms. The van der Waals surface area contributed by atoms with Crippen LogP contribution in [0.3, 0.4) is 0 Å². The van der Waals surface area contributed by atoms with Crippen molar-refractivity contribution < 1.29 is 24.9 Å². The van der Waals surface area contributed by atoms with E-state index in [1.54, 1.807) is 6.08 Å². The standard InChI is InChI=1S/C22H38O5/c1-2-27-16-12-8-4-3-5-9-13-18-19(21(24)17-20(18)23)14-10-6-7-11-15-22(25)26/h9,11,13,15,18-21,23-24H,2-8,10,12,14,16-17H2,1H3,(H,25,26)/b13-9+,15-11?/t18-,19?,20-,21+/m1/s1. The van der Waals surface area contributed by atoms with Gasteiger partial charge in [-0.1, -0.05) is 37.5 Å². The maximum atomic E-state index is 10.4. The predicted octanol–water partition coefficient (Wildman–Crippen LogP) is 4.09. The topological polar surface area (TPSA) is 87.0 Å². The first-order valence-corrected chi connectivity index (χ1v) is 10.6. The minimum atomic E-state index is -0.913. The number of carboxylic acid groups (broad SMARTS) is 1. The van der Waals surface area contributed by atoms with Crippen LogP contribution in [0.4, 0.5) is 0 Å². The molecule has 0 aliphatic heterocycles. The number of aliphatic carboxylic acids is 1. The molecule has 156 valence electrons. The van der Waals surface area contributed by atoms with Gasteiger partial charge in [0.15, 0.2) is 0 Å². The summed E-state index contributed by atoms with van der Waals surface area (Å²) in [5, 5.41) is 29.1. The Labute approximate surface area is 164 Å². The number of rotatable bonds is 15. The van der Waals surface area contributed by atoms with E-state index in [1.165, 1.54) is 18.9 Å². The molecule has 0 aromatic heterocycles. The fourth-order valence-corrected chi connectivity index (χ4v) is 3.82. The number of unbranched alkanes of at least 4 members (excludes halogenated alkanes) is 6. The number of hydrogen-bond donors (Lipinski definition) is 3. The zero-order chi connectivity index (χ0) is 19.9. The van der Waals surface area contributed by atoms with Gasteiger partial charge in [0.25, 0.3) is 0 Å². The second-order valence-electron chi connectivity index (χ2n) is 7.46. The summed E-state index contributed by atoms with van der Waals surface area (Å²) in [6.45, 7) is 3.66. The van der Waals surface area contributed by atoms with Gasteiger partial charge in [-0.3, -0.25) is 0 Å². The van der Waals surface area contributed by atoms with Crippen molar-refractivity contribution in [2.75, 3.05) is 13.2 Å². The maximum absolute atomic E-state index is 10.4. The number of aliphatic hydroxyl groups is 2. The lowest BCUT2D eigenvalue weighted by Gasteiger charge is -2.20. The van der Waals surface area contributed by atoms with Crippen molar-refractivity contribution in [1.29, 1.82) is 0 Å². The summed E-state index contributed by atoms with van der Waals surface area (Å²) in [4.78, 5) is 10.4. The first-order chi connectivity index (χ1) is 13.1. The molecule has 1 aliphatic carbocycles. The van der Waals surface area contributed by atoms with Gasteiger partial charge in [0.1, 0.15) is 0 Å². The van der Waals surface area contributed by atoms with E-state index in [0.29, 0.717) is 6.42 Å². The average Bonchev–Trinajstić information content (AvgIpc) is 2.89. The van der Waals surface area contributed by atoms with Crippen LogP contribution in [0.25, 0.3) is 0 Å². The highest BCUT2D eigenvalue weighted by molar-refractivity contribution is 5.79. The Morgan fingerprint density at radius 1 is 1.00 bits per heavy atom. The molecule has 27 heavy (non-hydrogen) atoms. The number of hydrogen-bond acceptors (Lipinski definition) is 4. The molecular formula is C22H38O5. The van der Waals surface area contributed by atoms with E-state index in [0.717, 1.165) is 58.2 Å². The van der Waals surface area contributed by atoms with Gasteiger partial charge in [-0.05, 0) is 51.4 Å². The second kappa shape index (κ2) is 14.8. The molecule has 1 saturated carbocycles. The average molecular weight is 383 g/mol. The zero-order valence-electron chi connectivity index (χ0n) is 16.8. The minimum Gasteiger partial charge on any atom is -0.478 e. The van der Waals surface area contributed by atoms with Crippen molar-refractivity contribution in [1.82, 2.24) is 0 Å². The quantitative estimate of drug-likeness (QED) is 0.226. The molecular weight excluding hydrogens is 344 g/mol. The van der Waals surface area contributed by atoms with Crippen LogP contribution in [0.1, 0.15) is 71.1 Å². The van der Waals surface area contributed by atoms with Crippen LogP contribution in [0.2, 0.25) is 0 Å². The van der Waals surface area contributed by atoms with Crippen LogP contribution in [-0.4, -0.2) is 46.7 Å². The van der Waals surface area contributed by atoms with E-state index in [4.69, 9.17) is 9.84 Å². The van der Waals surface area contributed by atoms with Crippen LogP contribution in [0.15, 0.2) is 24.3 Å². The normalized spacial score (nSPS) is 25.7. The molecule has 3 N–H and O–H groups in total. The zero-order valence-corrected chi connectivity index (χ0v) is 16.8. The summed E-state index contributed by atoms with van der Waals surface area (Å²) >= 11 is 0. The second-order valence-corrected chi connectivity index (χ2v) is 7.46. The van der Waals surface area contributed by atoms with Gasteiger partial charge < -0.3 is 20.1 Å². The first kappa shape index (κ1) is 23.9. The largest absolute Gasteiger partial charge is 0.478 e. The fraction of sp³-hybridized carbons (Fsp3) is 0.773. The molecule has 1 aliphatic rings. The van der Waals surface area contributed by atoms with Gasteiger partial charge in [-0.25, -0.2) is 4.79 Å². The Morgan fingerprint density at radius 3 is 2.44 bits per heavy atom. The first-order valence-electron chi connectivity index (χ1n) is 10.6. The van der Waals surface area contributed by atoms with E-state index in [2.05, 4.69) is 12.2 Å². The Bertz CT molecular complexity index is 446. The minimum absolute atomic E-state index is 0.0347. The molecule has 1 unspecified atom stereocenters. The summed E-state index contributed by atoms with van der Waals surface area (Å²) in [5.41, 5.74) is 0. The molecule has 0 bridgehead atoms. The molecule has 1 rings (SSSR count). The monoisotopic (exact) mass is 382 g/mol. The highest BCUT2D eigenvalue weighted by Gasteiger charge is 2.39. The Morgan fingerprint density at radius 2 is 1.70 bits per heavy atom. The molecule has 0 spiro atoms. The molecule has 1 fully saturated rings. The van der Waals surface area contributed by atoms with Crippen LogP contribution in [-0.2, 0) is 9.53 Å². The summed E-state index contributed by atoms with van der Waals surface area (Å²) in [5.74, 6) is -0.776. The fourth-order valence-electron chi connectivity index (χ4n) is 3.82. The van der Waals surface area contributed by atoms with Gasteiger partial charge in [0.2, 0.25) is 0 Å². The number of carboxylic acids is 1. The third-order valence-electron chi connectivity index (χ3n) is 5.31. The summed E-state index contributed by atoms with van der Waals surface area (Å²) in [7, 11) is 0. The van der Waals surface area contributed by atoms with Gasteiger partial charge in [-0.2, -0.15) is 0 Å². The molecule has 0 saturated heterocycles. The molecule has 0 aromatic carbocycles. The van der Waals surface area contributed by atoms with Crippen LogP contribution >= 0.6 is 0 Å². The number of allylic oxidation sites excluding steroid dienone is 2. The van der Waals surface area contributed by atoms with Crippen LogP contribution < -0.4 is 0 Å². The summed E-state index contributed by atoms with van der Waals surface area (Å²) in [6.07, 6.45) is 15.8. The Balaban J connectivity index is 2.24. The van der Waals surface area contributed by atoms with E-state index in [9.17, 15) is 15.0 Å². The molecule has 5 nitrogen and oxygen atoms in total. The van der Waals surface area contributed by atoms with Crippen LogP contribution in [0.5, 0.6) is 0 Å². The lowest BCUT2D eigenvalue weighted by atomic mass is 9.88. The summed E-state index contributed by atoms with van der Waals surface area (Å²) < 4.78 is 5.33. The molecule has 0 aromatic rings. The Kier molecular flexibility index (Phi) is 13.1. The highest BCUT2D eigenvalue weighted by Crippen LogP contribution is 2.37. The van der Waals surface area contributed by atoms with Gasteiger partial charge >= 0.3 is 5.97 Å². The molecule has 4 atom stereocenters. The smallest absolute Gasteiger partial charge is 0.327 e. The van der Waals surface area contributed by atoms with Crippen molar-refractivity contribution in [3.8, 4) is 0 Å².